The molecular formula is C16H10Br2F4O. The highest BCUT2D eigenvalue weighted by atomic mass is 79.9. The molecule has 0 saturated carbocycles. The molecule has 0 radical (unpaired) electrons. The van der Waals surface area contributed by atoms with E-state index in [1.54, 1.807) is 0 Å². The number of hydrogen-bond donors (Lipinski definition) is 0. The molecule has 1 nitrogen and oxygen atoms in total. The van der Waals surface area contributed by atoms with Crippen molar-refractivity contribution in [3.8, 4) is 11.1 Å². The zero-order chi connectivity index (χ0) is 17.2. The Kier molecular flexibility index (Phi) is 5.62. The van der Waals surface area contributed by atoms with Gasteiger partial charge in [0.15, 0.2) is 5.78 Å². The van der Waals surface area contributed by atoms with Crippen molar-refractivity contribution in [2.75, 3.05) is 5.33 Å². The molecule has 0 spiro atoms. The smallest absolute Gasteiger partial charge is 0.293 e. The normalized spacial score (nSPS) is 11.6. The van der Waals surface area contributed by atoms with Crippen molar-refractivity contribution in [2.45, 2.75) is 11.5 Å². The van der Waals surface area contributed by atoms with Gasteiger partial charge in [0.25, 0.3) is 0 Å². The predicted molar refractivity (Wildman–Crippen MR) is 87.6 cm³/mol. The number of rotatable bonds is 4. The molecule has 0 heterocycles. The lowest BCUT2D eigenvalue weighted by Gasteiger charge is -2.14. The summed E-state index contributed by atoms with van der Waals surface area (Å²) in [5.74, 6) is -0.962. The van der Waals surface area contributed by atoms with Crippen LogP contribution in [0.15, 0.2) is 36.4 Å². The zero-order valence-electron chi connectivity index (χ0n) is 11.6. The minimum Gasteiger partial charge on any atom is -0.293 e. The number of carbonyl (C=O) groups excluding carboxylic acids is 1. The third-order valence-electron chi connectivity index (χ3n) is 3.28. The average molecular weight is 454 g/mol. The molecule has 0 unspecified atom stereocenters. The Morgan fingerprint density at radius 3 is 2.26 bits per heavy atom. The first-order valence-corrected chi connectivity index (χ1v) is 8.67. The Hall–Kier alpha value is -1.21. The molecule has 2 rings (SSSR count). The standard InChI is InChI=1S/C16H10Br2F4O/c17-7-10-1-3-11(16(20,21)22)6-12(10)13-5-9(15(23)8-18)2-4-14(13)19/h1-6H,7-8H2. The molecule has 0 aliphatic rings. The summed E-state index contributed by atoms with van der Waals surface area (Å²) in [5.41, 5.74) is -0.0545. The Labute approximate surface area is 147 Å². The molecule has 0 bridgehead atoms. The van der Waals surface area contributed by atoms with E-state index >= 15 is 0 Å². The van der Waals surface area contributed by atoms with Crippen LogP contribution in [0.25, 0.3) is 11.1 Å². The predicted octanol–water partition coefficient (Wildman–Crippen LogP) is 5.98. The molecule has 7 heteroatoms. The number of halogens is 6. The molecule has 0 aliphatic heterocycles. The van der Waals surface area contributed by atoms with Crippen molar-refractivity contribution in [3.05, 3.63) is 58.9 Å². The molecule has 0 atom stereocenters. The van der Waals surface area contributed by atoms with Gasteiger partial charge in [-0.2, -0.15) is 13.2 Å². The maximum Gasteiger partial charge on any atom is 0.416 e. The summed E-state index contributed by atoms with van der Waals surface area (Å²) in [5, 5.41) is 0.308. The van der Waals surface area contributed by atoms with Crippen LogP contribution in [0.3, 0.4) is 0 Å². The lowest BCUT2D eigenvalue weighted by Crippen LogP contribution is -2.06. The van der Waals surface area contributed by atoms with Crippen molar-refractivity contribution in [3.63, 3.8) is 0 Å². The second-order valence-corrected chi connectivity index (χ2v) is 5.88. The fraction of sp³-hybridized carbons (Fsp3) is 0.188. The highest BCUT2D eigenvalue weighted by Crippen LogP contribution is 2.36. The minimum absolute atomic E-state index is 0.0302. The fourth-order valence-corrected chi connectivity index (χ4v) is 2.92. The van der Waals surface area contributed by atoms with Gasteiger partial charge in [-0.05, 0) is 41.5 Å². The molecule has 0 aliphatic carbocycles. The van der Waals surface area contributed by atoms with E-state index < -0.39 is 17.6 Å². The summed E-state index contributed by atoms with van der Waals surface area (Å²) in [7, 11) is 0. The SMILES string of the molecule is O=C(CBr)c1ccc(F)c(-c2cc(C(F)(F)F)ccc2CBr)c1. The molecular weight excluding hydrogens is 444 g/mol. The summed E-state index contributed by atoms with van der Waals surface area (Å²) >= 11 is 6.21. The van der Waals surface area contributed by atoms with E-state index in [0.29, 0.717) is 5.56 Å². The molecule has 0 fully saturated rings. The Bertz CT molecular complexity index is 741. The molecule has 0 N–H and O–H groups in total. The zero-order valence-corrected chi connectivity index (χ0v) is 14.7. The maximum atomic E-state index is 14.1. The van der Waals surface area contributed by atoms with Crippen LogP contribution in [0.4, 0.5) is 17.6 Å². The maximum absolute atomic E-state index is 14.1. The summed E-state index contributed by atoms with van der Waals surface area (Å²) in [6.45, 7) is 0. The minimum atomic E-state index is -4.53. The van der Waals surface area contributed by atoms with Crippen molar-refractivity contribution < 1.29 is 22.4 Å². The van der Waals surface area contributed by atoms with Gasteiger partial charge in [-0.3, -0.25) is 4.79 Å². The van der Waals surface area contributed by atoms with Crippen LogP contribution in [-0.2, 0) is 11.5 Å². The average Bonchev–Trinajstić information content (AvgIpc) is 2.53. The summed E-state index contributed by atoms with van der Waals surface area (Å²) in [6.07, 6.45) is -4.53. The van der Waals surface area contributed by atoms with Crippen LogP contribution < -0.4 is 0 Å². The number of carbonyl (C=O) groups is 1. The first-order valence-electron chi connectivity index (χ1n) is 6.43. The highest BCUT2D eigenvalue weighted by Gasteiger charge is 2.31. The van der Waals surface area contributed by atoms with Crippen molar-refractivity contribution in [1.82, 2.24) is 0 Å². The van der Waals surface area contributed by atoms with E-state index in [2.05, 4.69) is 31.9 Å². The monoisotopic (exact) mass is 452 g/mol. The second kappa shape index (κ2) is 7.13. The molecule has 0 saturated heterocycles. The second-order valence-electron chi connectivity index (χ2n) is 4.75. The largest absolute Gasteiger partial charge is 0.416 e. The summed E-state index contributed by atoms with van der Waals surface area (Å²) in [4.78, 5) is 11.7. The molecule has 23 heavy (non-hydrogen) atoms. The number of Topliss-reactive ketones (excluding diaryl/α,β-unsaturated/α-hetero) is 1. The van der Waals surface area contributed by atoms with E-state index in [-0.39, 0.29) is 33.1 Å². The quantitative estimate of drug-likeness (QED) is 0.316. The molecule has 0 amide bonds. The van der Waals surface area contributed by atoms with E-state index in [1.165, 1.54) is 18.2 Å². The number of ketones is 1. The van der Waals surface area contributed by atoms with Gasteiger partial charge in [0.1, 0.15) is 5.82 Å². The van der Waals surface area contributed by atoms with Gasteiger partial charge < -0.3 is 0 Å². The van der Waals surface area contributed by atoms with Gasteiger partial charge in [-0.1, -0.05) is 37.9 Å². The van der Waals surface area contributed by atoms with Crippen LogP contribution >= 0.6 is 31.9 Å². The third-order valence-corrected chi connectivity index (χ3v) is 4.39. The highest BCUT2D eigenvalue weighted by molar-refractivity contribution is 9.09. The van der Waals surface area contributed by atoms with Gasteiger partial charge in [-0.25, -0.2) is 4.39 Å². The van der Waals surface area contributed by atoms with E-state index in [9.17, 15) is 22.4 Å². The number of alkyl halides is 5. The van der Waals surface area contributed by atoms with E-state index in [1.807, 2.05) is 0 Å². The summed E-state index contributed by atoms with van der Waals surface area (Å²) < 4.78 is 52.9. The topological polar surface area (TPSA) is 17.1 Å². The molecule has 2 aromatic rings. The van der Waals surface area contributed by atoms with Crippen LogP contribution in [0.2, 0.25) is 0 Å². The van der Waals surface area contributed by atoms with E-state index in [4.69, 9.17) is 0 Å². The Morgan fingerprint density at radius 1 is 1.00 bits per heavy atom. The number of benzene rings is 2. The fourth-order valence-electron chi connectivity index (χ4n) is 2.10. The van der Waals surface area contributed by atoms with Gasteiger partial charge in [-0.15, -0.1) is 0 Å². The first kappa shape index (κ1) is 18.1. The number of hydrogen-bond acceptors (Lipinski definition) is 1. The molecule has 0 aromatic heterocycles. The van der Waals surface area contributed by atoms with Crippen LogP contribution in [0.1, 0.15) is 21.5 Å². The summed E-state index contributed by atoms with van der Waals surface area (Å²) in [6, 6.07) is 6.82. The molecule has 2 aromatic carbocycles. The van der Waals surface area contributed by atoms with Gasteiger partial charge in [0, 0.05) is 16.5 Å². The van der Waals surface area contributed by atoms with Crippen LogP contribution in [-0.4, -0.2) is 11.1 Å². The van der Waals surface area contributed by atoms with Crippen molar-refractivity contribution in [1.29, 1.82) is 0 Å². The van der Waals surface area contributed by atoms with Gasteiger partial charge in [0.2, 0.25) is 0 Å². The Balaban J connectivity index is 2.67. The van der Waals surface area contributed by atoms with E-state index in [0.717, 1.165) is 18.2 Å². The molecule has 122 valence electrons. The van der Waals surface area contributed by atoms with Crippen molar-refractivity contribution >= 4 is 37.6 Å². The Morgan fingerprint density at radius 2 is 1.70 bits per heavy atom. The van der Waals surface area contributed by atoms with Crippen molar-refractivity contribution in [2.24, 2.45) is 0 Å². The van der Waals surface area contributed by atoms with Gasteiger partial charge >= 0.3 is 6.18 Å². The first-order chi connectivity index (χ1) is 10.8. The lowest BCUT2D eigenvalue weighted by molar-refractivity contribution is -0.137. The van der Waals surface area contributed by atoms with Crippen LogP contribution in [0.5, 0.6) is 0 Å². The third kappa shape index (κ3) is 4.01. The van der Waals surface area contributed by atoms with Gasteiger partial charge in [0.05, 0.1) is 10.9 Å². The lowest BCUT2D eigenvalue weighted by atomic mass is 9.95. The van der Waals surface area contributed by atoms with Crippen LogP contribution in [0, 0.1) is 5.82 Å².